The zero-order chi connectivity index (χ0) is 18.9. The molecule has 9 heteroatoms. The van der Waals surface area contributed by atoms with Gasteiger partial charge in [0.1, 0.15) is 16.8 Å². The number of carbonyl (C=O) groups excluding carboxylic acids is 1. The quantitative estimate of drug-likeness (QED) is 0.768. The normalized spacial score (nSPS) is 11.6. The molecule has 1 N–H and O–H groups in total. The van der Waals surface area contributed by atoms with E-state index in [1.807, 2.05) is 12.2 Å². The average molecular weight is 364 g/mol. The zero-order valence-corrected chi connectivity index (χ0v) is 14.0. The van der Waals surface area contributed by atoms with Crippen LogP contribution in [0.25, 0.3) is 16.7 Å². The fraction of sp³-hybridized carbons (Fsp3) is 0.235. The Labute approximate surface area is 146 Å². The van der Waals surface area contributed by atoms with Gasteiger partial charge in [-0.05, 0) is 55.8 Å². The van der Waals surface area contributed by atoms with E-state index < -0.39 is 12.1 Å². The van der Waals surface area contributed by atoms with Crippen molar-refractivity contribution < 1.29 is 22.7 Å². The van der Waals surface area contributed by atoms with Gasteiger partial charge in [-0.25, -0.2) is 0 Å². The van der Waals surface area contributed by atoms with Gasteiger partial charge in [0.2, 0.25) is 0 Å². The topological polar surface area (TPSA) is 69.0 Å². The lowest BCUT2D eigenvalue weighted by Crippen LogP contribution is -2.30. The van der Waals surface area contributed by atoms with E-state index in [0.29, 0.717) is 34.6 Å². The van der Waals surface area contributed by atoms with Crippen molar-refractivity contribution in [2.75, 3.05) is 11.9 Å². The summed E-state index contributed by atoms with van der Waals surface area (Å²) < 4.78 is 42.7. The minimum absolute atomic E-state index is 0.0403. The van der Waals surface area contributed by atoms with Crippen molar-refractivity contribution in [3.05, 3.63) is 42.0 Å². The lowest BCUT2D eigenvalue weighted by atomic mass is 10.1. The molecular weight excluding hydrogens is 349 g/mol. The summed E-state index contributed by atoms with van der Waals surface area (Å²) in [6.07, 6.45) is -4.96. The van der Waals surface area contributed by atoms with Gasteiger partial charge in [0.25, 0.3) is 0 Å². The number of alkyl halides is 3. The van der Waals surface area contributed by atoms with Crippen LogP contribution in [0.1, 0.15) is 12.5 Å². The van der Waals surface area contributed by atoms with E-state index in [2.05, 4.69) is 10.2 Å². The summed E-state index contributed by atoms with van der Waals surface area (Å²) in [5, 5.41) is 10.4. The molecule has 0 spiro atoms. The second kappa shape index (κ2) is 6.66. The third kappa shape index (κ3) is 3.61. The molecule has 0 bridgehead atoms. The number of carbonyl (C=O) groups is 1. The van der Waals surface area contributed by atoms with E-state index in [4.69, 9.17) is 4.74 Å². The maximum absolute atomic E-state index is 12.4. The first-order valence-electron chi connectivity index (χ1n) is 7.77. The summed E-state index contributed by atoms with van der Waals surface area (Å²) >= 11 is 0. The first-order chi connectivity index (χ1) is 12.3. The van der Waals surface area contributed by atoms with Crippen molar-refractivity contribution in [2.24, 2.45) is 0 Å². The number of ether oxygens (including phenoxy) is 1. The molecule has 2 aromatic carbocycles. The van der Waals surface area contributed by atoms with E-state index in [-0.39, 0.29) is 5.69 Å². The molecular formula is C17H15F3N4O2. The number of nitrogens with one attached hydrogen (secondary N) is 1. The number of benzene rings is 2. The van der Waals surface area contributed by atoms with Crippen LogP contribution in [-0.2, 0) is 4.79 Å². The Morgan fingerprint density at radius 1 is 1.15 bits per heavy atom. The van der Waals surface area contributed by atoms with Crippen molar-refractivity contribution in [3.63, 3.8) is 0 Å². The van der Waals surface area contributed by atoms with Gasteiger partial charge >= 0.3 is 12.1 Å². The van der Waals surface area contributed by atoms with Crippen LogP contribution < -0.4 is 10.1 Å². The second-order valence-electron chi connectivity index (χ2n) is 5.52. The number of nitrogens with zero attached hydrogens (tertiary/aromatic N) is 3. The van der Waals surface area contributed by atoms with Crippen LogP contribution in [-0.4, -0.2) is 33.7 Å². The Morgan fingerprint density at radius 2 is 1.77 bits per heavy atom. The lowest BCUT2D eigenvalue weighted by Gasteiger charge is -2.09. The zero-order valence-electron chi connectivity index (χ0n) is 14.0. The second-order valence-corrected chi connectivity index (χ2v) is 5.52. The molecule has 1 aromatic heterocycles. The van der Waals surface area contributed by atoms with E-state index >= 15 is 0 Å². The molecule has 0 atom stereocenters. The summed E-state index contributed by atoms with van der Waals surface area (Å²) in [5.41, 5.74) is 2.03. The van der Waals surface area contributed by atoms with Crippen molar-refractivity contribution in [2.45, 2.75) is 20.0 Å². The molecule has 1 amide bonds. The molecule has 0 aliphatic rings. The van der Waals surface area contributed by atoms with Crippen LogP contribution >= 0.6 is 0 Å². The predicted octanol–water partition coefficient (Wildman–Crippen LogP) is 3.63. The molecule has 26 heavy (non-hydrogen) atoms. The molecule has 6 nitrogen and oxygen atoms in total. The predicted molar refractivity (Wildman–Crippen MR) is 89.5 cm³/mol. The maximum Gasteiger partial charge on any atom is 0.471 e. The maximum atomic E-state index is 12.4. The number of anilines is 1. The minimum atomic E-state index is -4.96. The average Bonchev–Trinajstić information content (AvgIpc) is 2.98. The SMILES string of the molecule is CCOc1ccc(-n2nc3cc(C)c(NC(=O)C(F)(F)F)cc3n2)cc1. The van der Waals surface area contributed by atoms with Crippen molar-refractivity contribution in [3.8, 4) is 11.4 Å². The molecule has 0 saturated heterocycles. The molecule has 1 heterocycles. The highest BCUT2D eigenvalue weighted by molar-refractivity contribution is 5.97. The third-order valence-electron chi connectivity index (χ3n) is 3.61. The summed E-state index contributed by atoms with van der Waals surface area (Å²) in [6, 6.07) is 10.0. The molecule has 3 rings (SSSR count). The summed E-state index contributed by atoms with van der Waals surface area (Å²) in [5.74, 6) is -1.32. The first-order valence-corrected chi connectivity index (χ1v) is 7.77. The Bertz CT molecular complexity index is 949. The van der Waals surface area contributed by atoms with Crippen molar-refractivity contribution in [1.82, 2.24) is 15.0 Å². The number of hydrogen-bond donors (Lipinski definition) is 1. The summed E-state index contributed by atoms with van der Waals surface area (Å²) in [7, 11) is 0. The van der Waals surface area contributed by atoms with Crippen molar-refractivity contribution in [1.29, 1.82) is 0 Å². The van der Waals surface area contributed by atoms with E-state index in [1.54, 1.807) is 37.3 Å². The fourth-order valence-electron chi connectivity index (χ4n) is 2.35. The van der Waals surface area contributed by atoms with Crippen LogP contribution in [0.15, 0.2) is 36.4 Å². The highest BCUT2D eigenvalue weighted by Crippen LogP contribution is 2.25. The Hall–Kier alpha value is -3.10. The molecule has 0 aliphatic heterocycles. The number of aromatic nitrogens is 3. The summed E-state index contributed by atoms with van der Waals surface area (Å²) in [6.45, 7) is 4.02. The smallest absolute Gasteiger partial charge is 0.471 e. The number of amides is 1. The highest BCUT2D eigenvalue weighted by Gasteiger charge is 2.38. The molecule has 0 radical (unpaired) electrons. The van der Waals surface area contributed by atoms with Gasteiger partial charge in [-0.1, -0.05) is 0 Å². The Kier molecular flexibility index (Phi) is 4.54. The van der Waals surface area contributed by atoms with Crippen LogP contribution in [0.5, 0.6) is 5.75 Å². The molecule has 0 fully saturated rings. The van der Waals surface area contributed by atoms with Gasteiger partial charge in [0.15, 0.2) is 0 Å². The minimum Gasteiger partial charge on any atom is -0.494 e. The van der Waals surface area contributed by atoms with Gasteiger partial charge in [0, 0.05) is 5.69 Å². The third-order valence-corrected chi connectivity index (χ3v) is 3.61. The van der Waals surface area contributed by atoms with Crippen LogP contribution in [0.2, 0.25) is 0 Å². The van der Waals surface area contributed by atoms with E-state index in [9.17, 15) is 18.0 Å². The van der Waals surface area contributed by atoms with Crippen LogP contribution in [0, 0.1) is 6.92 Å². The van der Waals surface area contributed by atoms with E-state index in [1.165, 1.54) is 10.9 Å². The Morgan fingerprint density at radius 3 is 2.35 bits per heavy atom. The molecule has 136 valence electrons. The molecule has 3 aromatic rings. The van der Waals surface area contributed by atoms with Crippen molar-refractivity contribution >= 4 is 22.6 Å². The van der Waals surface area contributed by atoms with Gasteiger partial charge in [-0.15, -0.1) is 10.2 Å². The number of halogens is 3. The number of fused-ring (bicyclic) bond motifs is 1. The van der Waals surface area contributed by atoms with Gasteiger partial charge in [-0.2, -0.15) is 18.0 Å². The highest BCUT2D eigenvalue weighted by atomic mass is 19.4. The van der Waals surface area contributed by atoms with Crippen LogP contribution in [0.3, 0.4) is 0 Å². The number of aryl methyl sites for hydroxylation is 1. The number of hydrogen-bond acceptors (Lipinski definition) is 4. The van der Waals surface area contributed by atoms with Gasteiger partial charge < -0.3 is 10.1 Å². The largest absolute Gasteiger partial charge is 0.494 e. The molecule has 0 saturated carbocycles. The fourth-order valence-corrected chi connectivity index (χ4v) is 2.35. The first kappa shape index (κ1) is 17.7. The standard InChI is InChI=1S/C17H15F3N4O2/c1-3-26-12-6-4-11(5-7-12)24-22-14-8-10(2)13(9-15(14)23-24)21-16(25)17(18,19)20/h4-9H,3H2,1-2H3,(H,21,25). The van der Waals surface area contributed by atoms with Gasteiger partial charge in [-0.3, -0.25) is 4.79 Å². The monoisotopic (exact) mass is 364 g/mol. The lowest BCUT2D eigenvalue weighted by molar-refractivity contribution is -0.167. The number of rotatable bonds is 4. The molecule has 0 aliphatic carbocycles. The van der Waals surface area contributed by atoms with Crippen LogP contribution in [0.4, 0.5) is 18.9 Å². The molecule has 0 unspecified atom stereocenters. The van der Waals surface area contributed by atoms with E-state index in [0.717, 1.165) is 0 Å². The Balaban J connectivity index is 1.92. The van der Waals surface area contributed by atoms with Gasteiger partial charge in [0.05, 0.1) is 12.3 Å². The summed E-state index contributed by atoms with van der Waals surface area (Å²) in [4.78, 5) is 12.5.